The molecule has 1 nitrogen and oxygen atoms in total. The molecule has 3 atom stereocenters. The van der Waals surface area contributed by atoms with Gasteiger partial charge >= 0.3 is 0 Å². The summed E-state index contributed by atoms with van der Waals surface area (Å²) in [6, 6.07) is 9.32. The molecule has 0 spiro atoms. The Morgan fingerprint density at radius 3 is 2.89 bits per heavy atom. The summed E-state index contributed by atoms with van der Waals surface area (Å²) in [5.74, 6) is 1.82. The summed E-state index contributed by atoms with van der Waals surface area (Å²) < 4.78 is 0. The van der Waals surface area contributed by atoms with Crippen LogP contribution < -0.4 is 5.32 Å². The second-order valence-corrected chi connectivity index (χ2v) is 6.18. The Hall–Kier alpha value is -0.820. The lowest BCUT2D eigenvalue weighted by Gasteiger charge is -2.28. The lowest BCUT2D eigenvalue weighted by Crippen LogP contribution is -2.28. The maximum Gasteiger partial charge on any atom is 0.0292 e. The van der Waals surface area contributed by atoms with Gasteiger partial charge in [0, 0.05) is 6.04 Å². The summed E-state index contributed by atoms with van der Waals surface area (Å²) in [7, 11) is 0. The number of rotatable bonds is 4. The van der Waals surface area contributed by atoms with E-state index in [4.69, 9.17) is 0 Å². The van der Waals surface area contributed by atoms with E-state index < -0.39 is 0 Å². The van der Waals surface area contributed by atoms with Gasteiger partial charge in [0.1, 0.15) is 0 Å². The van der Waals surface area contributed by atoms with Crippen LogP contribution in [0.4, 0.5) is 0 Å². The Morgan fingerprint density at radius 1 is 1.33 bits per heavy atom. The fourth-order valence-electron chi connectivity index (χ4n) is 3.15. The van der Waals surface area contributed by atoms with Gasteiger partial charge in [0.15, 0.2) is 0 Å². The standard InChI is InChI=1S/C17H27N/c1-13-6-4-8-16(10-13)12-18-15(3)17-9-5-7-14(2)11-17/h5,7,9,11,13,15-16,18H,4,6,8,10,12H2,1-3H3/t13?,15-,16?/m1/s1. The SMILES string of the molecule is Cc1cccc([C@@H](C)NCC2CCCC(C)C2)c1. The summed E-state index contributed by atoms with van der Waals surface area (Å²) in [5, 5.41) is 3.72. The first-order chi connectivity index (χ1) is 8.65. The van der Waals surface area contributed by atoms with Gasteiger partial charge in [0.05, 0.1) is 0 Å². The fourth-order valence-corrected chi connectivity index (χ4v) is 3.15. The minimum atomic E-state index is 0.474. The number of aryl methyl sites for hydroxylation is 1. The molecule has 0 aromatic heterocycles. The van der Waals surface area contributed by atoms with E-state index in [0.29, 0.717) is 6.04 Å². The minimum absolute atomic E-state index is 0.474. The van der Waals surface area contributed by atoms with E-state index in [1.807, 2.05) is 0 Å². The molecule has 1 aliphatic carbocycles. The zero-order valence-electron chi connectivity index (χ0n) is 12.1. The molecule has 0 amide bonds. The Morgan fingerprint density at radius 2 is 2.17 bits per heavy atom. The van der Waals surface area contributed by atoms with Crippen molar-refractivity contribution in [3.05, 3.63) is 35.4 Å². The third-order valence-electron chi connectivity index (χ3n) is 4.30. The van der Waals surface area contributed by atoms with E-state index in [1.54, 1.807) is 0 Å². The molecule has 1 N–H and O–H groups in total. The van der Waals surface area contributed by atoms with Gasteiger partial charge in [-0.25, -0.2) is 0 Å². The zero-order chi connectivity index (χ0) is 13.0. The molecule has 1 aliphatic rings. The molecule has 0 saturated heterocycles. The van der Waals surface area contributed by atoms with E-state index in [0.717, 1.165) is 11.8 Å². The van der Waals surface area contributed by atoms with Crippen molar-refractivity contribution in [2.75, 3.05) is 6.54 Å². The van der Waals surface area contributed by atoms with Gasteiger partial charge in [0.2, 0.25) is 0 Å². The van der Waals surface area contributed by atoms with Crippen molar-refractivity contribution in [3.8, 4) is 0 Å². The highest BCUT2D eigenvalue weighted by Crippen LogP contribution is 2.28. The van der Waals surface area contributed by atoms with Crippen molar-refractivity contribution in [2.24, 2.45) is 11.8 Å². The normalized spacial score (nSPS) is 25.9. The summed E-state index contributed by atoms with van der Waals surface area (Å²) in [4.78, 5) is 0. The average Bonchev–Trinajstić information content (AvgIpc) is 2.36. The molecule has 1 saturated carbocycles. The second-order valence-electron chi connectivity index (χ2n) is 6.18. The summed E-state index contributed by atoms with van der Waals surface area (Å²) in [6.07, 6.45) is 5.68. The highest BCUT2D eigenvalue weighted by Gasteiger charge is 2.19. The lowest BCUT2D eigenvalue weighted by atomic mass is 9.82. The van der Waals surface area contributed by atoms with Crippen LogP contribution in [0.15, 0.2) is 24.3 Å². The van der Waals surface area contributed by atoms with E-state index in [9.17, 15) is 0 Å². The van der Waals surface area contributed by atoms with Crippen molar-refractivity contribution >= 4 is 0 Å². The first-order valence-electron chi connectivity index (χ1n) is 7.45. The zero-order valence-corrected chi connectivity index (χ0v) is 12.1. The van der Waals surface area contributed by atoms with E-state index >= 15 is 0 Å². The molecule has 0 heterocycles. The monoisotopic (exact) mass is 245 g/mol. The van der Waals surface area contributed by atoms with Crippen LogP contribution in [0.1, 0.15) is 56.7 Å². The van der Waals surface area contributed by atoms with Crippen LogP contribution in [0.3, 0.4) is 0 Å². The molecule has 100 valence electrons. The van der Waals surface area contributed by atoms with E-state index in [-0.39, 0.29) is 0 Å². The van der Waals surface area contributed by atoms with Crippen LogP contribution in [0.2, 0.25) is 0 Å². The van der Waals surface area contributed by atoms with Crippen molar-refractivity contribution in [2.45, 2.75) is 52.5 Å². The predicted octanol–water partition coefficient (Wildman–Crippen LogP) is 4.47. The van der Waals surface area contributed by atoms with E-state index in [1.165, 1.54) is 43.4 Å². The maximum absolute atomic E-state index is 3.72. The van der Waals surface area contributed by atoms with Gasteiger partial charge < -0.3 is 5.32 Å². The number of benzene rings is 1. The van der Waals surface area contributed by atoms with Gasteiger partial charge in [-0.3, -0.25) is 0 Å². The molecular formula is C17H27N. The van der Waals surface area contributed by atoms with Crippen LogP contribution in [0.25, 0.3) is 0 Å². The molecule has 1 aromatic carbocycles. The molecule has 2 rings (SSSR count). The topological polar surface area (TPSA) is 12.0 Å². The van der Waals surface area contributed by atoms with Crippen LogP contribution in [-0.4, -0.2) is 6.54 Å². The van der Waals surface area contributed by atoms with Crippen molar-refractivity contribution < 1.29 is 0 Å². The Kier molecular flexibility index (Phi) is 4.82. The third-order valence-corrected chi connectivity index (χ3v) is 4.30. The summed E-state index contributed by atoms with van der Waals surface area (Å²) in [6.45, 7) is 8.02. The third kappa shape index (κ3) is 3.84. The molecule has 1 aromatic rings. The lowest BCUT2D eigenvalue weighted by molar-refractivity contribution is 0.268. The molecule has 2 unspecified atom stereocenters. The van der Waals surface area contributed by atoms with Crippen LogP contribution >= 0.6 is 0 Å². The Labute approximate surface area is 112 Å². The molecule has 0 bridgehead atoms. The van der Waals surface area contributed by atoms with E-state index in [2.05, 4.69) is 50.4 Å². The van der Waals surface area contributed by atoms with Crippen molar-refractivity contribution in [1.29, 1.82) is 0 Å². The molecular weight excluding hydrogens is 218 g/mol. The Bertz CT molecular complexity index is 372. The van der Waals surface area contributed by atoms with Gasteiger partial charge in [0.25, 0.3) is 0 Å². The number of hydrogen-bond donors (Lipinski definition) is 1. The highest BCUT2D eigenvalue weighted by molar-refractivity contribution is 5.24. The maximum atomic E-state index is 3.72. The minimum Gasteiger partial charge on any atom is -0.310 e. The van der Waals surface area contributed by atoms with Gasteiger partial charge in [-0.05, 0) is 50.6 Å². The quantitative estimate of drug-likeness (QED) is 0.825. The average molecular weight is 245 g/mol. The highest BCUT2D eigenvalue weighted by atomic mass is 14.9. The first-order valence-corrected chi connectivity index (χ1v) is 7.45. The molecule has 1 heteroatoms. The van der Waals surface area contributed by atoms with Gasteiger partial charge in [-0.1, -0.05) is 49.6 Å². The molecule has 0 aliphatic heterocycles. The van der Waals surface area contributed by atoms with Crippen molar-refractivity contribution in [1.82, 2.24) is 5.32 Å². The Balaban J connectivity index is 1.82. The smallest absolute Gasteiger partial charge is 0.0292 e. The van der Waals surface area contributed by atoms with Gasteiger partial charge in [-0.15, -0.1) is 0 Å². The van der Waals surface area contributed by atoms with Crippen LogP contribution in [0, 0.1) is 18.8 Å². The van der Waals surface area contributed by atoms with Crippen LogP contribution in [-0.2, 0) is 0 Å². The first kappa shape index (κ1) is 13.6. The molecule has 1 fully saturated rings. The molecule has 18 heavy (non-hydrogen) atoms. The second kappa shape index (κ2) is 6.38. The van der Waals surface area contributed by atoms with Crippen molar-refractivity contribution in [3.63, 3.8) is 0 Å². The summed E-state index contributed by atoms with van der Waals surface area (Å²) in [5.41, 5.74) is 2.77. The van der Waals surface area contributed by atoms with Crippen LogP contribution in [0.5, 0.6) is 0 Å². The predicted molar refractivity (Wildman–Crippen MR) is 78.7 cm³/mol. The molecule has 0 radical (unpaired) electrons. The van der Waals surface area contributed by atoms with Gasteiger partial charge in [-0.2, -0.15) is 0 Å². The fraction of sp³-hybridized carbons (Fsp3) is 0.647. The largest absolute Gasteiger partial charge is 0.310 e. The number of hydrogen-bond acceptors (Lipinski definition) is 1. The summed E-state index contributed by atoms with van der Waals surface area (Å²) >= 11 is 0. The number of nitrogens with one attached hydrogen (secondary N) is 1.